The molecule has 2 nitrogen and oxygen atoms in total. The molecule has 1 atom stereocenters. The highest BCUT2D eigenvalue weighted by Crippen LogP contribution is 2.41. The first-order chi connectivity index (χ1) is 10.4. The van der Waals surface area contributed by atoms with Crippen LogP contribution in [0.2, 0.25) is 0 Å². The molecule has 0 bridgehead atoms. The fourth-order valence-electron chi connectivity index (χ4n) is 3.48. The van der Waals surface area contributed by atoms with Gasteiger partial charge in [-0.25, -0.2) is 0 Å². The van der Waals surface area contributed by atoms with Gasteiger partial charge in [0, 0.05) is 6.54 Å². The van der Waals surface area contributed by atoms with Crippen molar-refractivity contribution in [3.05, 3.63) is 71.8 Å². The third-order valence-corrected chi connectivity index (χ3v) is 4.54. The van der Waals surface area contributed by atoms with E-state index >= 15 is 0 Å². The first-order valence-electron chi connectivity index (χ1n) is 7.61. The van der Waals surface area contributed by atoms with Crippen LogP contribution in [0.25, 0.3) is 0 Å². The molecule has 1 aliphatic heterocycles. The molecule has 0 spiro atoms. The molecule has 1 N–H and O–H groups in total. The van der Waals surface area contributed by atoms with Gasteiger partial charge in [-0.1, -0.05) is 60.7 Å². The molecule has 1 unspecified atom stereocenters. The second-order valence-corrected chi connectivity index (χ2v) is 5.70. The molecular weight excluding hydrogens is 256 g/mol. The second-order valence-electron chi connectivity index (χ2n) is 5.70. The summed E-state index contributed by atoms with van der Waals surface area (Å²) in [5, 5.41) is 13.6. The maximum atomic E-state index is 10.2. The average molecular weight is 276 g/mol. The Labute approximate surface area is 126 Å². The van der Waals surface area contributed by atoms with E-state index in [0.717, 1.165) is 37.1 Å². The molecule has 2 heteroatoms. The van der Waals surface area contributed by atoms with E-state index in [-0.39, 0.29) is 0 Å². The van der Waals surface area contributed by atoms with Crippen molar-refractivity contribution in [1.29, 1.82) is 5.26 Å². The summed E-state index contributed by atoms with van der Waals surface area (Å²) in [7, 11) is 0. The summed E-state index contributed by atoms with van der Waals surface area (Å²) in [5.41, 5.74) is 1.65. The van der Waals surface area contributed by atoms with Crippen LogP contribution in [0.1, 0.15) is 24.0 Å². The van der Waals surface area contributed by atoms with Crippen LogP contribution in [0, 0.1) is 17.2 Å². The van der Waals surface area contributed by atoms with Crippen molar-refractivity contribution in [3.8, 4) is 6.07 Å². The van der Waals surface area contributed by atoms with E-state index in [1.807, 2.05) is 36.4 Å². The molecular formula is C19H20N2. The highest BCUT2D eigenvalue weighted by Gasteiger charge is 2.42. The summed E-state index contributed by atoms with van der Waals surface area (Å²) in [4.78, 5) is 0. The van der Waals surface area contributed by atoms with E-state index in [2.05, 4.69) is 35.7 Å². The van der Waals surface area contributed by atoms with E-state index in [0.29, 0.717) is 5.92 Å². The standard InChI is InChI=1S/C19H20N2/c20-15-19(16-8-3-1-4-9-16,17-10-5-2-6-11-17)18-12-7-13-21-14-18/h1-6,8-11,18,21H,7,12-14H2. The molecule has 3 rings (SSSR count). The molecule has 1 aliphatic rings. The summed E-state index contributed by atoms with van der Waals surface area (Å²) < 4.78 is 0. The molecule has 0 aromatic heterocycles. The van der Waals surface area contributed by atoms with E-state index in [1.54, 1.807) is 0 Å². The van der Waals surface area contributed by atoms with Gasteiger partial charge < -0.3 is 5.32 Å². The number of nitriles is 1. The van der Waals surface area contributed by atoms with E-state index in [1.165, 1.54) is 0 Å². The Balaban J connectivity index is 2.16. The Kier molecular flexibility index (Phi) is 4.03. The van der Waals surface area contributed by atoms with Gasteiger partial charge in [-0.3, -0.25) is 0 Å². The summed E-state index contributed by atoms with van der Waals surface area (Å²) in [5.74, 6) is 0.307. The maximum absolute atomic E-state index is 10.2. The van der Waals surface area contributed by atoms with Crippen molar-refractivity contribution in [2.75, 3.05) is 13.1 Å². The maximum Gasteiger partial charge on any atom is 0.111 e. The van der Waals surface area contributed by atoms with Gasteiger partial charge in [-0.05, 0) is 36.4 Å². The van der Waals surface area contributed by atoms with Gasteiger partial charge >= 0.3 is 0 Å². The number of benzene rings is 2. The van der Waals surface area contributed by atoms with Gasteiger partial charge in [0.1, 0.15) is 5.41 Å². The predicted octanol–water partition coefficient (Wildman–Crippen LogP) is 3.50. The summed E-state index contributed by atoms with van der Waals surface area (Å²) in [6.07, 6.45) is 2.22. The molecule has 0 saturated carbocycles. The van der Waals surface area contributed by atoms with Crippen molar-refractivity contribution >= 4 is 0 Å². The molecule has 0 aliphatic carbocycles. The topological polar surface area (TPSA) is 35.8 Å². The first-order valence-corrected chi connectivity index (χ1v) is 7.61. The van der Waals surface area contributed by atoms with Gasteiger partial charge in [0.2, 0.25) is 0 Å². The summed E-state index contributed by atoms with van der Waals surface area (Å²) in [6.45, 7) is 1.96. The predicted molar refractivity (Wildman–Crippen MR) is 84.9 cm³/mol. The lowest BCUT2D eigenvalue weighted by Gasteiger charge is -2.38. The van der Waals surface area contributed by atoms with Crippen molar-refractivity contribution in [1.82, 2.24) is 5.32 Å². The van der Waals surface area contributed by atoms with Crippen molar-refractivity contribution < 1.29 is 0 Å². The highest BCUT2D eigenvalue weighted by atomic mass is 14.9. The molecule has 1 heterocycles. The Bertz CT molecular complexity index is 568. The van der Waals surface area contributed by atoms with Crippen LogP contribution in [0.15, 0.2) is 60.7 Å². The van der Waals surface area contributed by atoms with Crippen molar-refractivity contribution in [2.45, 2.75) is 18.3 Å². The van der Waals surface area contributed by atoms with Crippen LogP contribution in [0.5, 0.6) is 0 Å². The van der Waals surface area contributed by atoms with Crippen LogP contribution >= 0.6 is 0 Å². The number of hydrogen-bond acceptors (Lipinski definition) is 2. The Morgan fingerprint density at radius 1 is 0.952 bits per heavy atom. The third-order valence-electron chi connectivity index (χ3n) is 4.54. The van der Waals surface area contributed by atoms with Gasteiger partial charge in [0.25, 0.3) is 0 Å². The molecule has 0 amide bonds. The minimum Gasteiger partial charge on any atom is -0.316 e. The van der Waals surface area contributed by atoms with Gasteiger partial charge in [-0.2, -0.15) is 5.26 Å². The molecule has 21 heavy (non-hydrogen) atoms. The van der Waals surface area contributed by atoms with Gasteiger partial charge in [-0.15, -0.1) is 0 Å². The molecule has 106 valence electrons. The van der Waals surface area contributed by atoms with Crippen LogP contribution in [-0.2, 0) is 5.41 Å². The number of hydrogen-bond donors (Lipinski definition) is 1. The number of nitrogens with zero attached hydrogens (tertiary/aromatic N) is 1. The normalized spacial score (nSPS) is 18.9. The Morgan fingerprint density at radius 2 is 1.52 bits per heavy atom. The Morgan fingerprint density at radius 3 is 1.95 bits per heavy atom. The fraction of sp³-hybridized carbons (Fsp3) is 0.316. The van der Waals surface area contributed by atoms with E-state index < -0.39 is 5.41 Å². The number of rotatable bonds is 3. The summed E-state index contributed by atoms with van der Waals surface area (Å²) in [6, 6.07) is 23.2. The monoisotopic (exact) mass is 276 g/mol. The van der Waals surface area contributed by atoms with Gasteiger partial charge in [0.05, 0.1) is 6.07 Å². The van der Waals surface area contributed by atoms with Crippen LogP contribution in [0.3, 0.4) is 0 Å². The lowest BCUT2D eigenvalue weighted by atomic mass is 9.64. The quantitative estimate of drug-likeness (QED) is 0.931. The minimum atomic E-state index is -0.560. The van der Waals surface area contributed by atoms with Gasteiger partial charge in [0.15, 0.2) is 0 Å². The third kappa shape index (κ3) is 2.46. The zero-order valence-corrected chi connectivity index (χ0v) is 12.1. The van der Waals surface area contributed by atoms with Crippen LogP contribution in [0.4, 0.5) is 0 Å². The smallest absolute Gasteiger partial charge is 0.111 e. The molecule has 0 radical (unpaired) electrons. The van der Waals surface area contributed by atoms with Crippen LogP contribution < -0.4 is 5.32 Å². The minimum absolute atomic E-state index is 0.307. The molecule has 2 aromatic carbocycles. The first kappa shape index (κ1) is 13.9. The average Bonchev–Trinajstić information content (AvgIpc) is 2.59. The molecule has 1 saturated heterocycles. The van der Waals surface area contributed by atoms with Crippen molar-refractivity contribution in [2.24, 2.45) is 5.92 Å². The number of piperidine rings is 1. The zero-order chi connectivity index (χ0) is 14.5. The SMILES string of the molecule is N#CC(c1ccccc1)(c1ccccc1)C1CCCNC1. The van der Waals surface area contributed by atoms with E-state index in [4.69, 9.17) is 0 Å². The Hall–Kier alpha value is -2.11. The summed E-state index contributed by atoms with van der Waals surface area (Å²) >= 11 is 0. The van der Waals surface area contributed by atoms with E-state index in [9.17, 15) is 5.26 Å². The second kappa shape index (κ2) is 6.11. The molecule has 2 aromatic rings. The lowest BCUT2D eigenvalue weighted by molar-refractivity contribution is 0.300. The fourth-order valence-corrected chi connectivity index (χ4v) is 3.48. The van der Waals surface area contributed by atoms with Crippen molar-refractivity contribution in [3.63, 3.8) is 0 Å². The largest absolute Gasteiger partial charge is 0.316 e. The highest BCUT2D eigenvalue weighted by molar-refractivity contribution is 5.47. The lowest BCUT2D eigenvalue weighted by Crippen LogP contribution is -2.44. The molecule has 1 fully saturated rings. The van der Waals surface area contributed by atoms with Crippen LogP contribution in [-0.4, -0.2) is 13.1 Å². The number of nitrogens with one attached hydrogen (secondary N) is 1. The zero-order valence-electron chi connectivity index (χ0n) is 12.1.